The van der Waals surface area contributed by atoms with Gasteiger partial charge in [0.2, 0.25) is 6.79 Å². The van der Waals surface area contributed by atoms with Crippen LogP contribution in [0.2, 0.25) is 5.02 Å². The van der Waals surface area contributed by atoms with Crippen LogP contribution in [0.1, 0.15) is 5.56 Å². The number of halogens is 1. The summed E-state index contributed by atoms with van der Waals surface area (Å²) in [7, 11) is 0. The summed E-state index contributed by atoms with van der Waals surface area (Å²) in [6, 6.07) is 15.0. The summed E-state index contributed by atoms with van der Waals surface area (Å²) in [6.07, 6.45) is 0. The maximum atomic E-state index is 12.6. The highest BCUT2D eigenvalue weighted by Gasteiger charge is 2.22. The first-order valence-corrected chi connectivity index (χ1v) is 10.8. The van der Waals surface area contributed by atoms with Crippen molar-refractivity contribution in [3.63, 3.8) is 0 Å². The van der Waals surface area contributed by atoms with Crippen LogP contribution < -0.4 is 19.7 Å². The second-order valence-corrected chi connectivity index (χ2v) is 8.12. The zero-order valence-electron chi connectivity index (χ0n) is 17.5. The number of carbonyl (C=O) groups excluding carboxylic acids is 1. The monoisotopic (exact) mass is 451 g/mol. The number of piperazine rings is 1. The summed E-state index contributed by atoms with van der Waals surface area (Å²) in [5.74, 6) is 2.25. The number of hydrogen-bond donors (Lipinski definition) is 1. The van der Waals surface area contributed by atoms with Crippen LogP contribution in [0, 0.1) is 6.92 Å². The van der Waals surface area contributed by atoms with Gasteiger partial charge in [0.05, 0.1) is 5.69 Å². The van der Waals surface area contributed by atoms with Gasteiger partial charge in [0.15, 0.2) is 17.3 Å². The smallest absolute Gasteiger partial charge is 0.321 e. The first kappa shape index (κ1) is 20.4. The minimum Gasteiger partial charge on any atom is -0.454 e. The molecule has 1 fully saturated rings. The topological polar surface area (TPSA) is 79.8 Å². The van der Waals surface area contributed by atoms with Crippen molar-refractivity contribution in [3.8, 4) is 22.8 Å². The second-order valence-electron chi connectivity index (χ2n) is 7.71. The van der Waals surface area contributed by atoms with E-state index in [0.717, 1.165) is 34.1 Å². The number of carbonyl (C=O) groups is 1. The molecule has 2 aromatic carbocycles. The fraction of sp³-hybridized carbons (Fsp3) is 0.261. The van der Waals surface area contributed by atoms with Crippen LogP contribution in [0.15, 0.2) is 48.5 Å². The van der Waals surface area contributed by atoms with E-state index in [-0.39, 0.29) is 12.8 Å². The van der Waals surface area contributed by atoms with Crippen LogP contribution in [-0.2, 0) is 0 Å². The molecule has 0 spiro atoms. The highest BCUT2D eigenvalue weighted by Crippen LogP contribution is 2.35. The van der Waals surface area contributed by atoms with Crippen LogP contribution in [0.25, 0.3) is 11.3 Å². The Morgan fingerprint density at radius 3 is 2.53 bits per heavy atom. The number of aryl methyl sites for hydroxylation is 1. The molecule has 0 bridgehead atoms. The quantitative estimate of drug-likeness (QED) is 0.643. The third-order valence-electron chi connectivity index (χ3n) is 5.63. The lowest BCUT2D eigenvalue weighted by atomic mass is 10.1. The lowest BCUT2D eigenvalue weighted by Gasteiger charge is -2.35. The standard InChI is InChI=1S/C23H22ClN5O3/c1-15-2-4-17(13-18(15)24)25-23(30)29-10-8-28(9-11-29)22-7-5-19(26-27-22)16-3-6-20-21(12-16)32-14-31-20/h2-7,12-13H,8-11,14H2,1H3,(H,25,30). The van der Waals surface area contributed by atoms with E-state index >= 15 is 0 Å². The molecule has 0 saturated carbocycles. The fourth-order valence-corrected chi connectivity index (χ4v) is 3.90. The van der Waals surface area contributed by atoms with Gasteiger partial charge in [-0.15, -0.1) is 10.2 Å². The minimum absolute atomic E-state index is 0.131. The predicted molar refractivity (Wildman–Crippen MR) is 123 cm³/mol. The largest absolute Gasteiger partial charge is 0.454 e. The maximum absolute atomic E-state index is 12.6. The van der Waals surface area contributed by atoms with Crippen molar-refractivity contribution >= 4 is 29.1 Å². The Bertz CT molecular complexity index is 1150. The highest BCUT2D eigenvalue weighted by molar-refractivity contribution is 6.31. The number of urea groups is 1. The number of benzene rings is 2. The summed E-state index contributed by atoms with van der Waals surface area (Å²) in [5.41, 5.74) is 3.36. The van der Waals surface area contributed by atoms with Crippen molar-refractivity contribution < 1.29 is 14.3 Å². The lowest BCUT2D eigenvalue weighted by molar-refractivity contribution is 0.174. The molecule has 32 heavy (non-hydrogen) atoms. The second kappa shape index (κ2) is 8.55. The maximum Gasteiger partial charge on any atom is 0.321 e. The van der Waals surface area contributed by atoms with Crippen LogP contribution in [0.3, 0.4) is 0 Å². The number of nitrogens with zero attached hydrogens (tertiary/aromatic N) is 4. The number of nitrogens with one attached hydrogen (secondary N) is 1. The Balaban J connectivity index is 1.19. The van der Waals surface area contributed by atoms with Crippen LogP contribution >= 0.6 is 11.6 Å². The van der Waals surface area contributed by atoms with Gasteiger partial charge in [-0.1, -0.05) is 17.7 Å². The van der Waals surface area contributed by atoms with Crippen molar-refractivity contribution in [1.82, 2.24) is 15.1 Å². The molecule has 0 aliphatic carbocycles. The van der Waals surface area contributed by atoms with Crippen LogP contribution in [0.4, 0.5) is 16.3 Å². The third kappa shape index (κ3) is 4.13. The molecule has 0 radical (unpaired) electrons. The number of anilines is 2. The van der Waals surface area contributed by atoms with Crippen LogP contribution in [-0.4, -0.2) is 54.1 Å². The number of hydrogen-bond acceptors (Lipinski definition) is 6. The number of aromatic nitrogens is 2. The Morgan fingerprint density at radius 2 is 1.78 bits per heavy atom. The average Bonchev–Trinajstić information content (AvgIpc) is 3.30. The molecular weight excluding hydrogens is 430 g/mol. The van der Waals surface area contributed by atoms with Crippen molar-refractivity contribution in [3.05, 3.63) is 59.1 Å². The normalized spacial score (nSPS) is 15.1. The fourth-order valence-electron chi connectivity index (χ4n) is 3.72. The summed E-state index contributed by atoms with van der Waals surface area (Å²) >= 11 is 6.15. The highest BCUT2D eigenvalue weighted by atomic mass is 35.5. The first-order valence-electron chi connectivity index (χ1n) is 10.4. The van der Waals surface area contributed by atoms with Gasteiger partial charge in [-0.3, -0.25) is 0 Å². The summed E-state index contributed by atoms with van der Waals surface area (Å²) in [4.78, 5) is 16.5. The first-order chi connectivity index (χ1) is 15.6. The molecule has 1 saturated heterocycles. The Labute approximate surface area is 190 Å². The number of rotatable bonds is 3. The van der Waals surface area contributed by atoms with E-state index in [2.05, 4.69) is 20.4 Å². The number of amides is 2. The van der Waals surface area contributed by atoms with Gasteiger partial charge >= 0.3 is 6.03 Å². The number of fused-ring (bicyclic) bond motifs is 1. The van der Waals surface area contributed by atoms with E-state index in [0.29, 0.717) is 36.9 Å². The average molecular weight is 452 g/mol. The molecule has 2 aliphatic rings. The summed E-state index contributed by atoms with van der Waals surface area (Å²) < 4.78 is 10.8. The molecule has 3 aromatic rings. The molecule has 1 N–H and O–H groups in total. The third-order valence-corrected chi connectivity index (χ3v) is 6.04. The molecule has 0 unspecified atom stereocenters. The van der Waals surface area contributed by atoms with E-state index in [9.17, 15) is 4.79 Å². The minimum atomic E-state index is -0.131. The molecule has 5 rings (SSSR count). The van der Waals surface area contributed by atoms with Gasteiger partial charge in [0.1, 0.15) is 0 Å². The van der Waals surface area contributed by atoms with E-state index in [1.165, 1.54) is 0 Å². The molecule has 0 atom stereocenters. The molecule has 164 valence electrons. The summed E-state index contributed by atoms with van der Waals surface area (Å²) in [5, 5.41) is 12.3. The SMILES string of the molecule is Cc1ccc(NC(=O)N2CCN(c3ccc(-c4ccc5c(c4)OCO5)nn3)CC2)cc1Cl. The van der Waals surface area contributed by atoms with Gasteiger partial charge in [-0.05, 0) is 55.0 Å². The molecular formula is C23H22ClN5O3. The molecule has 9 heteroatoms. The molecule has 2 aliphatic heterocycles. The molecule has 3 heterocycles. The lowest BCUT2D eigenvalue weighted by Crippen LogP contribution is -2.50. The van der Waals surface area contributed by atoms with E-state index in [1.807, 2.05) is 49.4 Å². The molecule has 8 nitrogen and oxygen atoms in total. The zero-order valence-corrected chi connectivity index (χ0v) is 18.3. The zero-order chi connectivity index (χ0) is 22.1. The van der Waals surface area contributed by atoms with Gasteiger partial charge in [0, 0.05) is 42.5 Å². The van der Waals surface area contributed by atoms with Crippen molar-refractivity contribution in [2.24, 2.45) is 0 Å². The van der Waals surface area contributed by atoms with Crippen LogP contribution in [0.5, 0.6) is 11.5 Å². The van der Waals surface area contributed by atoms with Crippen molar-refractivity contribution in [2.45, 2.75) is 6.92 Å². The molecule has 1 aromatic heterocycles. The van der Waals surface area contributed by atoms with E-state index in [1.54, 1.807) is 11.0 Å². The molecule has 2 amide bonds. The van der Waals surface area contributed by atoms with E-state index < -0.39 is 0 Å². The predicted octanol–water partition coefficient (Wildman–Crippen LogP) is 4.19. The van der Waals surface area contributed by atoms with Gasteiger partial charge in [0.25, 0.3) is 0 Å². The van der Waals surface area contributed by atoms with Crippen molar-refractivity contribution in [1.29, 1.82) is 0 Å². The number of ether oxygens (including phenoxy) is 2. The van der Waals surface area contributed by atoms with Crippen molar-refractivity contribution in [2.75, 3.05) is 43.2 Å². The van der Waals surface area contributed by atoms with Gasteiger partial charge in [-0.25, -0.2) is 4.79 Å². The Morgan fingerprint density at radius 1 is 0.969 bits per heavy atom. The van der Waals surface area contributed by atoms with E-state index in [4.69, 9.17) is 21.1 Å². The summed E-state index contributed by atoms with van der Waals surface area (Å²) in [6.45, 7) is 4.72. The van der Waals surface area contributed by atoms with Gasteiger partial charge in [-0.2, -0.15) is 0 Å². The van der Waals surface area contributed by atoms with Gasteiger partial charge < -0.3 is 24.6 Å². The Hall–Kier alpha value is -3.52. The Kier molecular flexibility index (Phi) is 5.45.